The molecule has 0 aliphatic heterocycles. The summed E-state index contributed by atoms with van der Waals surface area (Å²) >= 11 is 0. The van der Waals surface area contributed by atoms with Crippen LogP contribution in [0.25, 0.3) is 0 Å². The van der Waals surface area contributed by atoms with Crippen LogP contribution in [0.1, 0.15) is 5.56 Å². The lowest BCUT2D eigenvalue weighted by atomic mass is 10.2. The van der Waals surface area contributed by atoms with Crippen LogP contribution in [0.4, 0.5) is 11.4 Å². The molecule has 0 unspecified atom stereocenters. The second kappa shape index (κ2) is 5.84. The molecule has 0 saturated carbocycles. The van der Waals surface area contributed by atoms with Crippen LogP contribution in [0.3, 0.4) is 0 Å². The molecule has 2 N–H and O–H groups in total. The normalized spacial score (nSPS) is 9.94. The van der Waals surface area contributed by atoms with Crippen LogP contribution in [0, 0.1) is 0 Å². The molecule has 2 aromatic heterocycles. The highest BCUT2D eigenvalue weighted by atomic mass is 14.9. The molecule has 0 radical (unpaired) electrons. The van der Waals surface area contributed by atoms with E-state index < -0.39 is 0 Å². The second-order valence-corrected chi connectivity index (χ2v) is 3.74. The lowest BCUT2D eigenvalue weighted by Gasteiger charge is -2.07. The number of aromatic nitrogens is 2. The lowest BCUT2D eigenvalue weighted by Crippen LogP contribution is -2.05. The van der Waals surface area contributed by atoms with Crippen molar-refractivity contribution in [3.05, 3.63) is 48.5 Å². The first-order valence-electron chi connectivity index (χ1n) is 5.64. The lowest BCUT2D eigenvalue weighted by molar-refractivity contribution is 1.01. The van der Waals surface area contributed by atoms with Gasteiger partial charge in [0.05, 0.1) is 23.8 Å². The summed E-state index contributed by atoms with van der Waals surface area (Å²) in [5.74, 6) is 0. The highest BCUT2D eigenvalue weighted by Gasteiger charge is 1.95. The molecule has 0 aliphatic carbocycles. The summed E-state index contributed by atoms with van der Waals surface area (Å²) in [7, 11) is 1.89. The second-order valence-electron chi connectivity index (χ2n) is 3.74. The Labute approximate surface area is 101 Å². The van der Waals surface area contributed by atoms with Gasteiger partial charge in [0.1, 0.15) is 0 Å². The number of hydrogen-bond donors (Lipinski definition) is 2. The van der Waals surface area contributed by atoms with Crippen LogP contribution in [-0.4, -0.2) is 23.6 Å². The van der Waals surface area contributed by atoms with Crippen molar-refractivity contribution in [2.45, 2.75) is 6.42 Å². The summed E-state index contributed by atoms with van der Waals surface area (Å²) in [6.45, 7) is 0.888. The fourth-order valence-corrected chi connectivity index (χ4v) is 1.57. The number of nitrogens with one attached hydrogen (secondary N) is 2. The number of anilines is 2. The maximum atomic E-state index is 4.15. The van der Waals surface area contributed by atoms with Crippen molar-refractivity contribution < 1.29 is 0 Å². The smallest absolute Gasteiger partial charge is 0.0547 e. The quantitative estimate of drug-likeness (QED) is 0.823. The molecule has 0 amide bonds. The van der Waals surface area contributed by atoms with E-state index in [1.807, 2.05) is 43.8 Å². The fraction of sp³-hybridized carbons (Fsp3) is 0.231. The zero-order valence-electron chi connectivity index (χ0n) is 9.85. The van der Waals surface area contributed by atoms with Crippen LogP contribution < -0.4 is 10.6 Å². The van der Waals surface area contributed by atoms with Crippen molar-refractivity contribution in [2.75, 3.05) is 24.2 Å². The monoisotopic (exact) mass is 228 g/mol. The Morgan fingerprint density at radius 2 is 1.82 bits per heavy atom. The molecule has 0 saturated heterocycles. The molecule has 0 aromatic carbocycles. The first-order chi connectivity index (χ1) is 8.38. The first-order valence-corrected chi connectivity index (χ1v) is 5.64. The fourth-order valence-electron chi connectivity index (χ4n) is 1.57. The van der Waals surface area contributed by atoms with Crippen molar-refractivity contribution >= 4 is 11.4 Å². The Kier molecular flexibility index (Phi) is 3.91. The van der Waals surface area contributed by atoms with Crippen LogP contribution in [0.5, 0.6) is 0 Å². The summed E-state index contributed by atoms with van der Waals surface area (Å²) in [6, 6.07) is 6.10. The van der Waals surface area contributed by atoms with E-state index >= 15 is 0 Å². The third-order valence-electron chi connectivity index (χ3n) is 2.52. The van der Waals surface area contributed by atoms with E-state index in [0.717, 1.165) is 24.3 Å². The predicted octanol–water partition coefficient (Wildman–Crippen LogP) is 2.17. The van der Waals surface area contributed by atoms with Crippen LogP contribution in [-0.2, 0) is 6.42 Å². The van der Waals surface area contributed by atoms with Gasteiger partial charge in [-0.3, -0.25) is 9.97 Å². The van der Waals surface area contributed by atoms with E-state index in [-0.39, 0.29) is 0 Å². The van der Waals surface area contributed by atoms with Crippen molar-refractivity contribution in [1.29, 1.82) is 0 Å². The van der Waals surface area contributed by atoms with Gasteiger partial charge in [0.25, 0.3) is 0 Å². The van der Waals surface area contributed by atoms with Gasteiger partial charge in [-0.15, -0.1) is 0 Å². The Hall–Kier alpha value is -2.10. The Bertz CT molecular complexity index is 456. The molecule has 0 atom stereocenters. The molecule has 0 aliphatic rings. The van der Waals surface area contributed by atoms with E-state index in [2.05, 4.69) is 20.6 Å². The molecule has 17 heavy (non-hydrogen) atoms. The van der Waals surface area contributed by atoms with Crippen molar-refractivity contribution in [2.24, 2.45) is 0 Å². The van der Waals surface area contributed by atoms with Gasteiger partial charge in [0, 0.05) is 26.0 Å². The molecule has 0 spiro atoms. The number of rotatable bonds is 5. The standard InChI is InChI=1S/C13H16N4/c1-14-12-8-13(10-16-9-12)17-7-4-11-2-5-15-6-3-11/h2-3,5-6,8-10,14,17H,4,7H2,1H3. The van der Waals surface area contributed by atoms with Crippen LogP contribution in [0.2, 0.25) is 0 Å². The molecule has 4 nitrogen and oxygen atoms in total. The summed E-state index contributed by atoms with van der Waals surface area (Å²) in [6.07, 6.45) is 8.24. The van der Waals surface area contributed by atoms with Crippen molar-refractivity contribution in [1.82, 2.24) is 9.97 Å². The maximum absolute atomic E-state index is 4.15. The third-order valence-corrected chi connectivity index (χ3v) is 2.52. The average Bonchev–Trinajstić information content (AvgIpc) is 2.40. The summed E-state index contributed by atoms with van der Waals surface area (Å²) in [5, 5.41) is 6.41. The van der Waals surface area contributed by atoms with Gasteiger partial charge in [-0.05, 0) is 30.2 Å². The molecule has 0 fully saturated rings. The highest BCUT2D eigenvalue weighted by molar-refractivity contribution is 5.53. The Balaban J connectivity index is 1.86. The average molecular weight is 228 g/mol. The summed E-state index contributed by atoms with van der Waals surface area (Å²) < 4.78 is 0. The van der Waals surface area contributed by atoms with E-state index in [4.69, 9.17) is 0 Å². The van der Waals surface area contributed by atoms with Crippen LogP contribution in [0.15, 0.2) is 43.0 Å². The summed E-state index contributed by atoms with van der Waals surface area (Å²) in [4.78, 5) is 8.14. The van der Waals surface area contributed by atoms with Crippen molar-refractivity contribution in [3.8, 4) is 0 Å². The molecule has 0 bridgehead atoms. The maximum Gasteiger partial charge on any atom is 0.0547 e. The van der Waals surface area contributed by atoms with Gasteiger partial charge in [-0.1, -0.05) is 0 Å². The van der Waals surface area contributed by atoms with Crippen molar-refractivity contribution in [3.63, 3.8) is 0 Å². The Morgan fingerprint density at radius 3 is 2.59 bits per heavy atom. The predicted molar refractivity (Wildman–Crippen MR) is 70.2 cm³/mol. The molecule has 2 aromatic rings. The molecular weight excluding hydrogens is 212 g/mol. The van der Waals surface area contributed by atoms with Gasteiger partial charge in [-0.25, -0.2) is 0 Å². The largest absolute Gasteiger partial charge is 0.387 e. The van der Waals surface area contributed by atoms with E-state index in [1.165, 1.54) is 5.56 Å². The Morgan fingerprint density at radius 1 is 1.06 bits per heavy atom. The van der Waals surface area contributed by atoms with E-state index in [1.54, 1.807) is 6.20 Å². The first kappa shape index (κ1) is 11.4. The number of hydrogen-bond acceptors (Lipinski definition) is 4. The van der Waals surface area contributed by atoms with Gasteiger partial charge in [0.15, 0.2) is 0 Å². The molecule has 2 heterocycles. The SMILES string of the molecule is CNc1cncc(NCCc2ccncc2)c1. The molecular formula is C13H16N4. The zero-order valence-corrected chi connectivity index (χ0v) is 9.85. The van der Waals surface area contributed by atoms with Crippen LogP contribution >= 0.6 is 0 Å². The highest BCUT2D eigenvalue weighted by Crippen LogP contribution is 2.12. The van der Waals surface area contributed by atoms with Gasteiger partial charge in [-0.2, -0.15) is 0 Å². The zero-order chi connectivity index (χ0) is 11.9. The third kappa shape index (κ3) is 3.45. The number of pyridine rings is 2. The molecule has 2 rings (SSSR count). The summed E-state index contributed by atoms with van der Waals surface area (Å²) in [5.41, 5.74) is 3.33. The number of nitrogens with zero attached hydrogens (tertiary/aromatic N) is 2. The molecule has 4 heteroatoms. The molecule has 88 valence electrons. The van der Waals surface area contributed by atoms with E-state index in [0.29, 0.717) is 0 Å². The van der Waals surface area contributed by atoms with E-state index in [9.17, 15) is 0 Å². The van der Waals surface area contributed by atoms with Gasteiger partial charge in [0.2, 0.25) is 0 Å². The minimum absolute atomic E-state index is 0.888. The minimum Gasteiger partial charge on any atom is -0.387 e. The topological polar surface area (TPSA) is 49.8 Å². The van der Waals surface area contributed by atoms with Gasteiger partial charge >= 0.3 is 0 Å². The van der Waals surface area contributed by atoms with Gasteiger partial charge < -0.3 is 10.6 Å². The minimum atomic E-state index is 0.888.